The van der Waals surface area contributed by atoms with Crippen LogP contribution >= 0.6 is 0 Å². The normalized spacial score (nSPS) is 16.1. The van der Waals surface area contributed by atoms with Gasteiger partial charge in [-0.1, -0.05) is 0 Å². The van der Waals surface area contributed by atoms with Crippen molar-refractivity contribution in [1.29, 1.82) is 0 Å². The molecule has 1 aliphatic heterocycles. The van der Waals surface area contributed by atoms with E-state index in [4.69, 9.17) is 4.74 Å². The maximum atomic E-state index is 11.4. The van der Waals surface area contributed by atoms with Gasteiger partial charge in [0.05, 0.1) is 13.2 Å². The Balaban J connectivity index is 1.82. The molecule has 112 valence electrons. The van der Waals surface area contributed by atoms with Crippen molar-refractivity contribution < 1.29 is 13.2 Å². The number of sulfone groups is 1. The highest BCUT2D eigenvalue weighted by atomic mass is 32.2. The van der Waals surface area contributed by atoms with E-state index in [1.807, 2.05) is 24.3 Å². The highest BCUT2D eigenvalue weighted by Crippen LogP contribution is 2.21. The first-order valence-corrected chi connectivity index (χ1v) is 8.49. The smallest absolute Gasteiger partial charge is 0.243 e. The number of nitrogens with one attached hydrogen (secondary N) is 1. The molecule has 7 nitrogen and oxygen atoms in total. The maximum Gasteiger partial charge on any atom is 0.243 e. The van der Waals surface area contributed by atoms with Crippen molar-refractivity contribution in [2.45, 2.75) is 5.16 Å². The third-order valence-electron chi connectivity index (χ3n) is 3.32. The number of aromatic nitrogens is 3. The predicted octanol–water partition coefficient (Wildman–Crippen LogP) is 0.712. The quantitative estimate of drug-likeness (QED) is 0.898. The number of rotatable bonds is 3. The fourth-order valence-corrected chi connectivity index (χ4v) is 2.65. The first kappa shape index (κ1) is 14.0. The summed E-state index contributed by atoms with van der Waals surface area (Å²) in [6.07, 6.45) is 1.10. The lowest BCUT2D eigenvalue weighted by Crippen LogP contribution is -2.36. The summed E-state index contributed by atoms with van der Waals surface area (Å²) in [5, 5.41) is 6.28. The molecule has 0 spiro atoms. The Bertz CT molecular complexity index is 718. The van der Waals surface area contributed by atoms with E-state index < -0.39 is 9.84 Å². The third-order valence-corrected chi connectivity index (χ3v) is 4.20. The molecular formula is C13H16N4O3S. The van der Waals surface area contributed by atoms with Crippen LogP contribution in [-0.2, 0) is 14.6 Å². The van der Waals surface area contributed by atoms with Gasteiger partial charge in [-0.05, 0) is 24.3 Å². The SMILES string of the molecule is CS(=O)(=O)c1nc(-c2ccc(N3CCOCC3)cc2)n[nH]1. The molecule has 0 radical (unpaired) electrons. The molecule has 0 amide bonds. The molecule has 0 atom stereocenters. The summed E-state index contributed by atoms with van der Waals surface area (Å²) in [7, 11) is -3.37. The van der Waals surface area contributed by atoms with E-state index in [0.29, 0.717) is 5.82 Å². The molecule has 0 unspecified atom stereocenters. The third kappa shape index (κ3) is 3.06. The highest BCUT2D eigenvalue weighted by molar-refractivity contribution is 7.90. The zero-order chi connectivity index (χ0) is 14.9. The minimum Gasteiger partial charge on any atom is -0.378 e. The number of H-pyrrole nitrogens is 1. The average Bonchev–Trinajstić information content (AvgIpc) is 2.98. The van der Waals surface area contributed by atoms with E-state index >= 15 is 0 Å². The largest absolute Gasteiger partial charge is 0.378 e. The standard InChI is InChI=1S/C13H16N4O3S/c1-21(18,19)13-14-12(15-16-13)10-2-4-11(5-3-10)17-6-8-20-9-7-17/h2-5H,6-9H2,1H3,(H,14,15,16). The van der Waals surface area contributed by atoms with Gasteiger partial charge in [-0.15, -0.1) is 0 Å². The van der Waals surface area contributed by atoms with E-state index in [-0.39, 0.29) is 5.16 Å². The summed E-state index contributed by atoms with van der Waals surface area (Å²) >= 11 is 0. The number of hydrogen-bond donors (Lipinski definition) is 1. The molecule has 2 aromatic rings. The molecule has 1 aliphatic rings. The lowest BCUT2D eigenvalue weighted by atomic mass is 10.2. The van der Waals surface area contributed by atoms with Crippen LogP contribution in [0.25, 0.3) is 11.4 Å². The number of morpholine rings is 1. The Hall–Kier alpha value is -1.93. The molecular weight excluding hydrogens is 292 g/mol. The van der Waals surface area contributed by atoms with Crippen LogP contribution in [0.1, 0.15) is 0 Å². The second kappa shape index (κ2) is 5.45. The molecule has 0 aliphatic carbocycles. The average molecular weight is 308 g/mol. The predicted molar refractivity (Wildman–Crippen MR) is 78.0 cm³/mol. The summed E-state index contributed by atoms with van der Waals surface area (Å²) in [6, 6.07) is 7.74. The van der Waals surface area contributed by atoms with Crippen molar-refractivity contribution in [2.24, 2.45) is 0 Å². The maximum absolute atomic E-state index is 11.4. The van der Waals surface area contributed by atoms with Crippen LogP contribution < -0.4 is 4.90 Å². The minimum atomic E-state index is -3.37. The van der Waals surface area contributed by atoms with Crippen molar-refractivity contribution >= 4 is 15.5 Å². The second-order valence-corrected chi connectivity index (χ2v) is 6.81. The molecule has 1 aromatic carbocycles. The lowest BCUT2D eigenvalue weighted by molar-refractivity contribution is 0.122. The molecule has 1 N–H and O–H groups in total. The molecule has 1 saturated heterocycles. The Kier molecular flexibility index (Phi) is 3.64. The summed E-state index contributed by atoms with van der Waals surface area (Å²) in [5.41, 5.74) is 1.89. The number of anilines is 1. The lowest BCUT2D eigenvalue weighted by Gasteiger charge is -2.28. The van der Waals surface area contributed by atoms with E-state index in [2.05, 4.69) is 20.1 Å². The summed E-state index contributed by atoms with van der Waals surface area (Å²) < 4.78 is 28.1. The van der Waals surface area contributed by atoms with E-state index in [0.717, 1.165) is 43.8 Å². The Morgan fingerprint density at radius 2 is 1.86 bits per heavy atom. The van der Waals surface area contributed by atoms with Crippen LogP contribution in [0.4, 0.5) is 5.69 Å². The van der Waals surface area contributed by atoms with Crippen LogP contribution in [0.15, 0.2) is 29.4 Å². The fourth-order valence-electron chi connectivity index (χ4n) is 2.18. The summed E-state index contributed by atoms with van der Waals surface area (Å²) in [5.74, 6) is 0.379. The molecule has 3 rings (SSSR count). The van der Waals surface area contributed by atoms with Crippen LogP contribution in [0.3, 0.4) is 0 Å². The minimum absolute atomic E-state index is 0.116. The van der Waals surface area contributed by atoms with E-state index in [1.165, 1.54) is 0 Å². The fraction of sp³-hybridized carbons (Fsp3) is 0.385. The molecule has 1 aromatic heterocycles. The number of aromatic amines is 1. The Morgan fingerprint density at radius 3 is 2.43 bits per heavy atom. The number of ether oxygens (including phenoxy) is 1. The highest BCUT2D eigenvalue weighted by Gasteiger charge is 2.15. The zero-order valence-electron chi connectivity index (χ0n) is 11.6. The van der Waals surface area contributed by atoms with Gasteiger partial charge < -0.3 is 9.64 Å². The van der Waals surface area contributed by atoms with E-state index in [9.17, 15) is 8.42 Å². The Morgan fingerprint density at radius 1 is 1.19 bits per heavy atom. The monoisotopic (exact) mass is 308 g/mol. The van der Waals surface area contributed by atoms with Gasteiger partial charge in [0.2, 0.25) is 15.0 Å². The van der Waals surface area contributed by atoms with Gasteiger partial charge in [0.1, 0.15) is 0 Å². The second-order valence-electron chi connectivity index (χ2n) is 4.88. The van der Waals surface area contributed by atoms with Crippen molar-refractivity contribution in [3.63, 3.8) is 0 Å². The van der Waals surface area contributed by atoms with E-state index in [1.54, 1.807) is 0 Å². The van der Waals surface area contributed by atoms with Gasteiger partial charge in [-0.3, -0.25) is 0 Å². The molecule has 1 fully saturated rings. The van der Waals surface area contributed by atoms with Gasteiger partial charge in [0.25, 0.3) is 0 Å². The zero-order valence-corrected chi connectivity index (χ0v) is 12.4. The van der Waals surface area contributed by atoms with Crippen molar-refractivity contribution in [3.8, 4) is 11.4 Å². The topological polar surface area (TPSA) is 88.2 Å². The first-order valence-electron chi connectivity index (χ1n) is 6.59. The van der Waals surface area contributed by atoms with Gasteiger partial charge in [0, 0.05) is 30.6 Å². The molecule has 0 bridgehead atoms. The number of benzene rings is 1. The number of nitrogens with zero attached hydrogens (tertiary/aromatic N) is 3. The first-order chi connectivity index (χ1) is 10.0. The van der Waals surface area contributed by atoms with Crippen LogP contribution in [0.5, 0.6) is 0 Å². The van der Waals surface area contributed by atoms with Gasteiger partial charge in [0.15, 0.2) is 5.82 Å². The van der Waals surface area contributed by atoms with Gasteiger partial charge >= 0.3 is 0 Å². The molecule has 8 heteroatoms. The summed E-state index contributed by atoms with van der Waals surface area (Å²) in [4.78, 5) is 6.25. The Labute approximate surface area is 122 Å². The molecule has 0 saturated carbocycles. The van der Waals surface area contributed by atoms with Crippen LogP contribution in [0, 0.1) is 0 Å². The number of hydrogen-bond acceptors (Lipinski definition) is 6. The molecule has 2 heterocycles. The van der Waals surface area contributed by atoms with Crippen molar-refractivity contribution in [1.82, 2.24) is 15.2 Å². The molecule has 21 heavy (non-hydrogen) atoms. The van der Waals surface area contributed by atoms with Crippen molar-refractivity contribution in [2.75, 3.05) is 37.5 Å². The van der Waals surface area contributed by atoms with Crippen molar-refractivity contribution in [3.05, 3.63) is 24.3 Å². The summed E-state index contributed by atoms with van der Waals surface area (Å²) in [6.45, 7) is 3.22. The van der Waals surface area contributed by atoms with Gasteiger partial charge in [-0.2, -0.15) is 10.1 Å². The van der Waals surface area contributed by atoms with Gasteiger partial charge in [-0.25, -0.2) is 13.5 Å². The van der Waals surface area contributed by atoms with Crippen LogP contribution in [-0.4, -0.2) is 56.2 Å². The van der Waals surface area contributed by atoms with Crippen LogP contribution in [0.2, 0.25) is 0 Å².